The van der Waals surface area contributed by atoms with Gasteiger partial charge in [0.15, 0.2) is 22.9 Å². The molecule has 5 aromatic rings. The first-order chi connectivity index (χ1) is 19.9. The third kappa shape index (κ3) is 4.31. The lowest BCUT2D eigenvalue weighted by molar-refractivity contribution is 0.0303. The second-order valence-corrected chi connectivity index (χ2v) is 10.8. The van der Waals surface area contributed by atoms with Gasteiger partial charge in [-0.15, -0.1) is 0 Å². The number of para-hydroxylation sites is 1. The lowest BCUT2D eigenvalue weighted by Gasteiger charge is -2.37. The van der Waals surface area contributed by atoms with E-state index in [0.717, 1.165) is 11.1 Å². The predicted molar refractivity (Wildman–Crippen MR) is 149 cm³/mol. The average molecular weight is 551 g/mol. The van der Waals surface area contributed by atoms with Gasteiger partial charge in [-0.2, -0.15) is 0 Å². The van der Waals surface area contributed by atoms with Gasteiger partial charge in [0.05, 0.1) is 18.9 Å². The lowest BCUT2D eigenvalue weighted by atomic mass is 9.69. The van der Waals surface area contributed by atoms with Crippen molar-refractivity contribution < 1.29 is 18.7 Å². The summed E-state index contributed by atoms with van der Waals surface area (Å²) in [5, 5.41) is 0. The molecule has 1 amide bonds. The Labute approximate surface area is 235 Å². The molecular weight excluding hydrogens is 523 g/mol. The second kappa shape index (κ2) is 9.74. The summed E-state index contributed by atoms with van der Waals surface area (Å²) in [5.41, 5.74) is 4.09. The molecule has 2 aliphatic heterocycles. The first kappa shape index (κ1) is 25.3. The standard InChI is InChI=1S/C31H27FN6O3/c1-31(2,30-36-26-27(37-30)34-13-12-33-26)24-20-4-3-5-22(32)25(20)41-28-21(24)10-11-23(35-28)18-6-8-19(9-7-18)29(39)38-14-16-40-17-15-38/h3-13,24H,14-17H2,1-2H3,(H,33,34,36,37)/t24-/m0/s1. The Hall–Kier alpha value is -4.70. The summed E-state index contributed by atoms with van der Waals surface area (Å²) in [5.74, 6) is 0.360. The Morgan fingerprint density at radius 2 is 1.76 bits per heavy atom. The summed E-state index contributed by atoms with van der Waals surface area (Å²) in [6, 6.07) is 16.2. The molecule has 206 valence electrons. The molecule has 9 nitrogen and oxygen atoms in total. The van der Waals surface area contributed by atoms with E-state index in [4.69, 9.17) is 19.4 Å². The van der Waals surface area contributed by atoms with Crippen LogP contribution in [0.15, 0.2) is 67.0 Å². The number of amides is 1. The summed E-state index contributed by atoms with van der Waals surface area (Å²) in [6.45, 7) is 6.37. The summed E-state index contributed by atoms with van der Waals surface area (Å²) < 4.78 is 26.6. The molecule has 0 unspecified atom stereocenters. The number of fused-ring (bicyclic) bond motifs is 3. The van der Waals surface area contributed by atoms with E-state index in [0.29, 0.717) is 66.1 Å². The molecule has 0 radical (unpaired) electrons. The third-order valence-electron chi connectivity index (χ3n) is 7.90. The number of rotatable bonds is 4. The number of hydrogen-bond acceptors (Lipinski definition) is 7. The van der Waals surface area contributed by atoms with Gasteiger partial charge in [0.2, 0.25) is 5.88 Å². The van der Waals surface area contributed by atoms with Crippen molar-refractivity contribution >= 4 is 17.2 Å². The minimum absolute atomic E-state index is 0.0188. The largest absolute Gasteiger partial charge is 0.435 e. The summed E-state index contributed by atoms with van der Waals surface area (Å²) in [7, 11) is 0. The number of morpholine rings is 1. The summed E-state index contributed by atoms with van der Waals surface area (Å²) >= 11 is 0. The molecule has 1 saturated heterocycles. The number of nitrogens with one attached hydrogen (secondary N) is 1. The van der Waals surface area contributed by atoms with Crippen LogP contribution in [0.1, 0.15) is 47.1 Å². The average Bonchev–Trinajstić information content (AvgIpc) is 3.46. The normalized spacial score (nSPS) is 16.7. The molecule has 2 aromatic carbocycles. The van der Waals surface area contributed by atoms with Gasteiger partial charge in [-0.25, -0.2) is 24.3 Å². The Morgan fingerprint density at radius 1 is 0.976 bits per heavy atom. The molecule has 10 heteroatoms. The van der Waals surface area contributed by atoms with E-state index in [2.05, 4.69) is 28.8 Å². The zero-order valence-electron chi connectivity index (χ0n) is 22.6. The first-order valence-electron chi connectivity index (χ1n) is 13.5. The van der Waals surface area contributed by atoms with Crippen LogP contribution in [0.25, 0.3) is 22.6 Å². The molecule has 41 heavy (non-hydrogen) atoms. The number of aromatic amines is 1. The van der Waals surface area contributed by atoms with Crippen LogP contribution in [0.2, 0.25) is 0 Å². The van der Waals surface area contributed by atoms with Crippen LogP contribution in [0.3, 0.4) is 0 Å². The highest BCUT2D eigenvalue weighted by molar-refractivity contribution is 5.94. The summed E-state index contributed by atoms with van der Waals surface area (Å²) in [4.78, 5) is 36.2. The minimum atomic E-state index is -0.631. The van der Waals surface area contributed by atoms with Gasteiger partial charge in [0, 0.05) is 59.1 Å². The number of halogens is 1. The predicted octanol–water partition coefficient (Wildman–Crippen LogP) is 5.24. The van der Waals surface area contributed by atoms with Crippen molar-refractivity contribution in [3.05, 3.63) is 95.3 Å². The van der Waals surface area contributed by atoms with Gasteiger partial charge >= 0.3 is 0 Å². The molecule has 0 bridgehead atoms. The summed E-state index contributed by atoms with van der Waals surface area (Å²) in [6.07, 6.45) is 3.22. The zero-order chi connectivity index (χ0) is 28.1. The number of imidazole rings is 1. The number of hydrogen-bond donors (Lipinski definition) is 1. The van der Waals surface area contributed by atoms with Crippen molar-refractivity contribution in [2.45, 2.75) is 25.2 Å². The first-order valence-corrected chi connectivity index (χ1v) is 13.5. The van der Waals surface area contributed by atoms with E-state index in [1.54, 1.807) is 35.5 Å². The van der Waals surface area contributed by atoms with Crippen LogP contribution in [-0.2, 0) is 10.2 Å². The third-order valence-corrected chi connectivity index (χ3v) is 7.90. The molecule has 1 N–H and O–H groups in total. The highest BCUT2D eigenvalue weighted by Crippen LogP contribution is 2.52. The van der Waals surface area contributed by atoms with Crippen molar-refractivity contribution in [2.75, 3.05) is 26.3 Å². The van der Waals surface area contributed by atoms with Gasteiger partial charge in [-0.1, -0.05) is 44.2 Å². The van der Waals surface area contributed by atoms with Gasteiger partial charge in [0.25, 0.3) is 5.91 Å². The number of benzene rings is 2. The van der Waals surface area contributed by atoms with E-state index in [9.17, 15) is 4.79 Å². The maximum Gasteiger partial charge on any atom is 0.254 e. The molecule has 0 aliphatic carbocycles. The molecule has 7 rings (SSSR count). The number of carbonyl (C=O) groups excluding carboxylic acids is 1. The molecule has 3 aromatic heterocycles. The van der Waals surface area contributed by atoms with Crippen molar-refractivity contribution in [2.24, 2.45) is 0 Å². The molecule has 2 aliphatic rings. The highest BCUT2D eigenvalue weighted by Gasteiger charge is 2.43. The molecule has 5 heterocycles. The number of ether oxygens (including phenoxy) is 2. The van der Waals surface area contributed by atoms with Gasteiger partial charge < -0.3 is 19.4 Å². The Balaban J connectivity index is 1.27. The molecular formula is C31H27FN6O3. The SMILES string of the molecule is CC(C)(c1nc2nccnc2[nH]1)[C@@H]1c2ccc(-c3ccc(C(=O)N4CCOCC4)cc3)nc2Oc2c(F)cccc21. The minimum Gasteiger partial charge on any atom is -0.435 e. The van der Waals surface area contributed by atoms with Crippen LogP contribution in [0.4, 0.5) is 4.39 Å². The fourth-order valence-corrected chi connectivity index (χ4v) is 5.74. The number of aromatic nitrogens is 5. The molecule has 0 spiro atoms. The molecule has 1 fully saturated rings. The van der Waals surface area contributed by atoms with E-state index >= 15 is 4.39 Å². The van der Waals surface area contributed by atoms with Gasteiger partial charge in [0.1, 0.15) is 5.82 Å². The maximum absolute atomic E-state index is 15.2. The Morgan fingerprint density at radius 3 is 2.54 bits per heavy atom. The van der Waals surface area contributed by atoms with Crippen molar-refractivity contribution in [1.29, 1.82) is 0 Å². The number of pyridine rings is 1. The van der Waals surface area contributed by atoms with Crippen molar-refractivity contribution in [3.63, 3.8) is 0 Å². The van der Waals surface area contributed by atoms with E-state index in [1.165, 1.54) is 6.07 Å². The van der Waals surface area contributed by atoms with Crippen LogP contribution in [0, 0.1) is 5.82 Å². The van der Waals surface area contributed by atoms with E-state index in [1.807, 2.05) is 30.3 Å². The second-order valence-electron chi connectivity index (χ2n) is 10.8. The van der Waals surface area contributed by atoms with Crippen LogP contribution < -0.4 is 4.74 Å². The topological polar surface area (TPSA) is 106 Å². The number of carbonyl (C=O) groups is 1. The monoisotopic (exact) mass is 550 g/mol. The lowest BCUT2D eigenvalue weighted by Crippen LogP contribution is -2.40. The smallest absolute Gasteiger partial charge is 0.254 e. The van der Waals surface area contributed by atoms with Crippen LogP contribution in [-0.4, -0.2) is 62.0 Å². The van der Waals surface area contributed by atoms with Crippen molar-refractivity contribution in [1.82, 2.24) is 29.8 Å². The van der Waals surface area contributed by atoms with Gasteiger partial charge in [-0.3, -0.25) is 4.79 Å². The zero-order valence-corrected chi connectivity index (χ0v) is 22.6. The highest BCUT2D eigenvalue weighted by atomic mass is 19.1. The maximum atomic E-state index is 15.2. The van der Waals surface area contributed by atoms with Crippen LogP contribution >= 0.6 is 0 Å². The van der Waals surface area contributed by atoms with E-state index < -0.39 is 11.2 Å². The number of nitrogens with zero attached hydrogens (tertiary/aromatic N) is 5. The quantitative estimate of drug-likeness (QED) is 0.326. The van der Waals surface area contributed by atoms with Crippen LogP contribution in [0.5, 0.6) is 11.6 Å². The number of H-pyrrole nitrogens is 1. The molecule has 1 atom stereocenters. The van der Waals surface area contributed by atoms with Gasteiger partial charge in [-0.05, 0) is 24.3 Å². The Kier molecular flexibility index (Phi) is 6.01. The van der Waals surface area contributed by atoms with Crippen molar-refractivity contribution in [3.8, 4) is 22.9 Å². The Bertz CT molecular complexity index is 1750. The van der Waals surface area contributed by atoms with E-state index in [-0.39, 0.29) is 17.6 Å². The fraction of sp³-hybridized carbons (Fsp3) is 0.258. The molecule has 0 saturated carbocycles. The fourth-order valence-electron chi connectivity index (χ4n) is 5.74.